The normalized spacial score (nSPS) is 27.9. The van der Waals surface area contributed by atoms with Gasteiger partial charge in [-0.25, -0.2) is 4.79 Å². The first kappa shape index (κ1) is 17.0. The minimum atomic E-state index is -1.31. The van der Waals surface area contributed by atoms with Gasteiger partial charge in [0, 0.05) is 25.0 Å². The van der Waals surface area contributed by atoms with Crippen molar-refractivity contribution >= 4 is 11.9 Å². The lowest BCUT2D eigenvalue weighted by Crippen LogP contribution is -2.76. The van der Waals surface area contributed by atoms with Crippen molar-refractivity contribution in [3.05, 3.63) is 17.5 Å². The van der Waals surface area contributed by atoms with Crippen LogP contribution >= 0.6 is 0 Å². The molecule has 0 bridgehead atoms. The number of fused-ring (bicyclic) bond motifs is 1. The summed E-state index contributed by atoms with van der Waals surface area (Å²) < 4.78 is 7.48. The van der Waals surface area contributed by atoms with E-state index in [-0.39, 0.29) is 18.4 Å². The predicted molar refractivity (Wildman–Crippen MR) is 86.8 cm³/mol. The van der Waals surface area contributed by atoms with Crippen molar-refractivity contribution in [2.24, 2.45) is 5.41 Å². The van der Waals surface area contributed by atoms with Gasteiger partial charge in [-0.05, 0) is 26.2 Å². The number of aryl methyl sites for hydroxylation is 1. The predicted octanol–water partition coefficient (Wildman–Crippen LogP) is 1.61. The molecular formula is C17H25N3O4. The number of ether oxygens (including phenoxy) is 1. The van der Waals surface area contributed by atoms with Gasteiger partial charge in [0.15, 0.2) is 0 Å². The molecule has 7 heteroatoms. The first-order valence-electron chi connectivity index (χ1n) is 8.55. The summed E-state index contributed by atoms with van der Waals surface area (Å²) in [4.78, 5) is 24.7. The Kier molecular flexibility index (Phi) is 4.15. The first-order valence-corrected chi connectivity index (χ1v) is 8.55. The molecule has 1 aromatic rings. The van der Waals surface area contributed by atoms with Crippen LogP contribution in [0, 0.1) is 5.41 Å². The molecule has 1 fully saturated rings. The number of rotatable bonds is 5. The molecule has 0 spiro atoms. The lowest BCUT2D eigenvalue weighted by atomic mass is 9.54. The molecule has 132 valence electrons. The van der Waals surface area contributed by atoms with E-state index in [1.54, 1.807) is 6.20 Å². The third-order valence-corrected chi connectivity index (χ3v) is 5.68. The molecule has 2 aliphatic rings. The van der Waals surface area contributed by atoms with Gasteiger partial charge in [-0.15, -0.1) is 0 Å². The van der Waals surface area contributed by atoms with Crippen LogP contribution in [0.25, 0.3) is 0 Å². The minimum absolute atomic E-state index is 0.181. The maximum absolute atomic E-state index is 12.8. The lowest BCUT2D eigenvalue weighted by molar-refractivity contribution is -0.190. The van der Waals surface area contributed by atoms with E-state index in [0.717, 1.165) is 31.5 Å². The lowest BCUT2D eigenvalue weighted by Gasteiger charge is -2.58. The molecule has 7 nitrogen and oxygen atoms in total. The van der Waals surface area contributed by atoms with E-state index in [4.69, 9.17) is 4.74 Å². The van der Waals surface area contributed by atoms with Crippen molar-refractivity contribution in [3.63, 3.8) is 0 Å². The topological polar surface area (TPSA) is 93.5 Å². The molecule has 0 saturated heterocycles. The molecule has 1 saturated carbocycles. The zero-order chi connectivity index (χ0) is 17.5. The molecule has 1 aromatic heterocycles. The number of hydrogen-bond acceptors (Lipinski definition) is 4. The highest BCUT2D eigenvalue weighted by atomic mass is 16.5. The van der Waals surface area contributed by atoms with Crippen molar-refractivity contribution in [1.82, 2.24) is 15.1 Å². The molecule has 0 aromatic carbocycles. The number of aliphatic carboxylic acids is 1. The van der Waals surface area contributed by atoms with Crippen LogP contribution < -0.4 is 5.32 Å². The third kappa shape index (κ3) is 2.33. The molecule has 1 aliphatic carbocycles. The zero-order valence-corrected chi connectivity index (χ0v) is 14.5. The molecule has 0 radical (unpaired) electrons. The highest BCUT2D eigenvalue weighted by molar-refractivity contribution is 5.99. The van der Waals surface area contributed by atoms with Crippen LogP contribution in [0.4, 0.5) is 0 Å². The quantitative estimate of drug-likeness (QED) is 0.852. The van der Waals surface area contributed by atoms with E-state index in [1.165, 1.54) is 0 Å². The summed E-state index contributed by atoms with van der Waals surface area (Å²) in [5.74, 6) is -1.37. The van der Waals surface area contributed by atoms with Crippen molar-refractivity contribution < 1.29 is 19.4 Å². The fraction of sp³-hybridized carbons (Fsp3) is 0.706. The number of nitrogens with one attached hydrogen (secondary N) is 1. The Morgan fingerprint density at radius 3 is 2.83 bits per heavy atom. The molecule has 2 N–H and O–H groups in total. The van der Waals surface area contributed by atoms with Gasteiger partial charge in [-0.2, -0.15) is 5.10 Å². The monoisotopic (exact) mass is 335 g/mol. The van der Waals surface area contributed by atoms with Crippen LogP contribution in [0.15, 0.2) is 6.20 Å². The fourth-order valence-electron chi connectivity index (χ4n) is 3.91. The number of carbonyl (C=O) groups excluding carboxylic acids is 1. The Labute approximate surface area is 141 Å². The molecule has 1 aliphatic heterocycles. The molecule has 1 amide bonds. The number of carboxylic acids is 1. The maximum atomic E-state index is 12.8. The maximum Gasteiger partial charge on any atom is 0.330 e. The zero-order valence-electron chi connectivity index (χ0n) is 14.5. The minimum Gasteiger partial charge on any atom is -0.479 e. The van der Waals surface area contributed by atoms with Gasteiger partial charge in [-0.1, -0.05) is 13.8 Å². The molecule has 2 heterocycles. The average Bonchev–Trinajstić information content (AvgIpc) is 2.97. The Morgan fingerprint density at radius 1 is 1.46 bits per heavy atom. The summed E-state index contributed by atoms with van der Waals surface area (Å²) in [7, 11) is 0. The van der Waals surface area contributed by atoms with Crippen LogP contribution in [-0.4, -0.2) is 45.0 Å². The summed E-state index contributed by atoms with van der Waals surface area (Å²) >= 11 is 0. The summed E-state index contributed by atoms with van der Waals surface area (Å²) in [5.41, 5.74) is -0.603. The molecular weight excluding hydrogens is 310 g/mol. The molecule has 2 atom stereocenters. The summed E-state index contributed by atoms with van der Waals surface area (Å²) in [6.45, 7) is 6.88. The van der Waals surface area contributed by atoms with Gasteiger partial charge >= 0.3 is 5.97 Å². The van der Waals surface area contributed by atoms with E-state index in [9.17, 15) is 14.7 Å². The molecule has 24 heavy (non-hydrogen) atoms. The van der Waals surface area contributed by atoms with E-state index in [2.05, 4.69) is 10.4 Å². The van der Waals surface area contributed by atoms with Gasteiger partial charge in [-0.3, -0.25) is 9.48 Å². The van der Waals surface area contributed by atoms with E-state index >= 15 is 0 Å². The summed E-state index contributed by atoms with van der Waals surface area (Å²) in [5, 5.41) is 16.8. The highest BCUT2D eigenvalue weighted by Gasteiger charge is 2.66. The van der Waals surface area contributed by atoms with Crippen LogP contribution in [0.1, 0.15) is 56.1 Å². The van der Waals surface area contributed by atoms with Crippen molar-refractivity contribution in [1.29, 1.82) is 0 Å². The van der Waals surface area contributed by atoms with E-state index in [1.807, 2.05) is 25.5 Å². The van der Waals surface area contributed by atoms with Gasteiger partial charge in [0.05, 0.1) is 23.6 Å². The van der Waals surface area contributed by atoms with Crippen LogP contribution in [0.2, 0.25) is 0 Å². The van der Waals surface area contributed by atoms with Crippen molar-refractivity contribution in [2.75, 3.05) is 6.61 Å². The average molecular weight is 335 g/mol. The third-order valence-electron chi connectivity index (χ3n) is 5.68. The van der Waals surface area contributed by atoms with Gasteiger partial charge in [0.25, 0.3) is 5.91 Å². The van der Waals surface area contributed by atoms with Gasteiger partial charge < -0.3 is 15.2 Å². The Bertz CT molecular complexity index is 667. The van der Waals surface area contributed by atoms with Gasteiger partial charge in [0.2, 0.25) is 0 Å². The Balaban J connectivity index is 1.84. The number of nitrogens with zero attached hydrogens (tertiary/aromatic N) is 2. The second-order valence-corrected chi connectivity index (χ2v) is 7.22. The second kappa shape index (κ2) is 5.88. The number of carbonyl (C=O) groups is 2. The molecule has 3 rings (SSSR count). The van der Waals surface area contributed by atoms with Crippen LogP contribution in [-0.2, 0) is 22.5 Å². The molecule has 2 unspecified atom stereocenters. The van der Waals surface area contributed by atoms with Crippen molar-refractivity contribution in [3.8, 4) is 0 Å². The van der Waals surface area contributed by atoms with Gasteiger partial charge in [0.1, 0.15) is 5.54 Å². The number of carboxylic acid groups (broad SMARTS) is 1. The fourth-order valence-corrected chi connectivity index (χ4v) is 3.91. The van der Waals surface area contributed by atoms with Crippen LogP contribution in [0.3, 0.4) is 0 Å². The number of aromatic nitrogens is 2. The standard InChI is InChI=1S/C17H25N3O4/c1-4-24-13-9-17(15(22)23,16(13,2)3)19-14(21)11-10-18-20-8-6-5-7-12(11)20/h10,13H,4-9H2,1-3H3,(H,19,21)(H,22,23). The SMILES string of the molecule is CCOC1CC(NC(=O)c2cnn3c2CCCC3)(C(=O)O)C1(C)C. The smallest absolute Gasteiger partial charge is 0.330 e. The first-order chi connectivity index (χ1) is 11.3. The summed E-state index contributed by atoms with van der Waals surface area (Å²) in [6.07, 6.45) is 4.52. The van der Waals surface area contributed by atoms with E-state index < -0.39 is 16.9 Å². The Hall–Kier alpha value is -1.89. The van der Waals surface area contributed by atoms with Crippen LogP contribution in [0.5, 0.6) is 0 Å². The number of amides is 1. The van der Waals surface area contributed by atoms with E-state index in [0.29, 0.717) is 12.2 Å². The highest BCUT2D eigenvalue weighted by Crippen LogP contribution is 2.51. The number of hydrogen-bond donors (Lipinski definition) is 2. The van der Waals surface area contributed by atoms with Crippen molar-refractivity contribution in [2.45, 2.75) is 64.6 Å². The largest absolute Gasteiger partial charge is 0.479 e. The Morgan fingerprint density at radius 2 is 2.21 bits per heavy atom. The summed E-state index contributed by atoms with van der Waals surface area (Å²) in [6, 6.07) is 0. The second-order valence-electron chi connectivity index (χ2n) is 7.22.